The lowest BCUT2D eigenvalue weighted by Gasteiger charge is -2.15. The van der Waals surface area contributed by atoms with Crippen molar-refractivity contribution in [2.45, 2.75) is 20.8 Å². The molecule has 1 aromatic rings. The minimum atomic E-state index is -0.903. The molecule has 0 bridgehead atoms. The second kappa shape index (κ2) is 5.06. The molecule has 1 aliphatic carbocycles. The minimum Gasteiger partial charge on any atom is -0.481 e. The van der Waals surface area contributed by atoms with Gasteiger partial charge in [-0.2, -0.15) is 0 Å². The van der Waals surface area contributed by atoms with Crippen LogP contribution in [0.3, 0.4) is 0 Å². The molecule has 1 saturated carbocycles. The summed E-state index contributed by atoms with van der Waals surface area (Å²) in [6, 6.07) is 5.77. The number of aliphatic carboxylic acids is 1. The predicted molar refractivity (Wildman–Crippen MR) is 82.5 cm³/mol. The SMILES string of the molecule is Cc1cc(N(C)C)ccc1NC(=O)[C@H]1[C@@H](C(=O)O)C1(C)C. The van der Waals surface area contributed by atoms with Crippen molar-refractivity contribution in [3.63, 3.8) is 0 Å². The van der Waals surface area contributed by atoms with Crippen molar-refractivity contribution in [2.75, 3.05) is 24.3 Å². The van der Waals surface area contributed by atoms with Crippen molar-refractivity contribution >= 4 is 23.3 Å². The molecule has 1 aromatic carbocycles. The van der Waals surface area contributed by atoms with Crippen LogP contribution in [0.2, 0.25) is 0 Å². The van der Waals surface area contributed by atoms with Crippen molar-refractivity contribution in [1.82, 2.24) is 0 Å². The zero-order valence-corrected chi connectivity index (χ0v) is 13.1. The average Bonchev–Trinajstić information content (AvgIpc) is 2.95. The maximum atomic E-state index is 12.3. The van der Waals surface area contributed by atoms with E-state index >= 15 is 0 Å². The number of rotatable bonds is 4. The monoisotopic (exact) mass is 290 g/mol. The van der Waals surface area contributed by atoms with Gasteiger partial charge in [-0.15, -0.1) is 0 Å². The molecule has 2 atom stereocenters. The van der Waals surface area contributed by atoms with E-state index < -0.39 is 23.2 Å². The molecule has 0 aliphatic heterocycles. The number of carboxylic acid groups (broad SMARTS) is 1. The first-order valence-corrected chi connectivity index (χ1v) is 6.98. The maximum Gasteiger partial charge on any atom is 0.307 e. The molecule has 0 radical (unpaired) electrons. The van der Waals surface area contributed by atoms with Crippen molar-refractivity contribution in [2.24, 2.45) is 17.3 Å². The van der Waals surface area contributed by atoms with Gasteiger partial charge in [-0.1, -0.05) is 13.8 Å². The van der Waals surface area contributed by atoms with Gasteiger partial charge in [0, 0.05) is 25.5 Å². The zero-order chi connectivity index (χ0) is 15.9. The van der Waals surface area contributed by atoms with Crippen LogP contribution in [0.4, 0.5) is 11.4 Å². The number of benzene rings is 1. The molecule has 0 aromatic heterocycles. The lowest BCUT2D eigenvalue weighted by molar-refractivity contribution is -0.140. The Balaban J connectivity index is 2.13. The third-order valence-corrected chi connectivity index (χ3v) is 4.36. The van der Waals surface area contributed by atoms with Crippen LogP contribution < -0.4 is 10.2 Å². The van der Waals surface area contributed by atoms with Gasteiger partial charge in [0.05, 0.1) is 11.8 Å². The van der Waals surface area contributed by atoms with Gasteiger partial charge in [0.25, 0.3) is 0 Å². The Hall–Kier alpha value is -2.04. The van der Waals surface area contributed by atoms with Crippen molar-refractivity contribution in [3.05, 3.63) is 23.8 Å². The van der Waals surface area contributed by atoms with Gasteiger partial charge in [0.15, 0.2) is 0 Å². The van der Waals surface area contributed by atoms with Gasteiger partial charge < -0.3 is 15.3 Å². The van der Waals surface area contributed by atoms with E-state index in [2.05, 4.69) is 5.32 Å². The lowest BCUT2D eigenvalue weighted by atomic mass is 10.1. The first kappa shape index (κ1) is 15.4. The van der Waals surface area contributed by atoms with Gasteiger partial charge in [0.1, 0.15) is 0 Å². The molecule has 1 amide bonds. The average molecular weight is 290 g/mol. The molecule has 1 aliphatic rings. The van der Waals surface area contributed by atoms with Crippen molar-refractivity contribution in [3.8, 4) is 0 Å². The standard InChI is InChI=1S/C16H22N2O3/c1-9-8-10(18(4)5)6-7-11(9)17-14(19)12-13(15(20)21)16(12,2)3/h6-8,12-13H,1-5H3,(H,17,19)(H,20,21)/t12-,13+/m1/s1. The van der Waals surface area contributed by atoms with E-state index in [-0.39, 0.29) is 5.91 Å². The Morgan fingerprint density at radius 1 is 1.24 bits per heavy atom. The molecular formula is C16H22N2O3. The van der Waals surface area contributed by atoms with E-state index in [1.807, 2.05) is 58.0 Å². The number of anilines is 2. The normalized spacial score (nSPS) is 22.5. The van der Waals surface area contributed by atoms with Crippen molar-refractivity contribution in [1.29, 1.82) is 0 Å². The summed E-state index contributed by atoms with van der Waals surface area (Å²) >= 11 is 0. The quantitative estimate of drug-likeness (QED) is 0.893. The molecule has 2 rings (SSSR count). The Morgan fingerprint density at radius 3 is 2.29 bits per heavy atom. The molecule has 1 fully saturated rings. The number of carboxylic acids is 1. The van der Waals surface area contributed by atoms with Crippen molar-refractivity contribution < 1.29 is 14.7 Å². The Labute approximate surface area is 125 Å². The lowest BCUT2D eigenvalue weighted by Crippen LogP contribution is -2.18. The molecular weight excluding hydrogens is 268 g/mol. The van der Waals surface area contributed by atoms with E-state index in [0.717, 1.165) is 16.9 Å². The number of hydrogen-bond donors (Lipinski definition) is 2. The molecule has 5 heteroatoms. The summed E-state index contributed by atoms with van der Waals surface area (Å²) in [7, 11) is 3.91. The smallest absolute Gasteiger partial charge is 0.307 e. The third kappa shape index (κ3) is 2.73. The Kier molecular flexibility index (Phi) is 3.70. The zero-order valence-electron chi connectivity index (χ0n) is 13.1. The Bertz CT molecular complexity index is 593. The first-order chi connectivity index (χ1) is 9.66. The van der Waals surface area contributed by atoms with Crippen LogP contribution in [0.5, 0.6) is 0 Å². The number of nitrogens with zero attached hydrogens (tertiary/aromatic N) is 1. The van der Waals surface area contributed by atoms with Gasteiger partial charge in [-0.3, -0.25) is 9.59 Å². The van der Waals surface area contributed by atoms with Crippen LogP contribution in [0, 0.1) is 24.2 Å². The fourth-order valence-corrected chi connectivity index (χ4v) is 2.86. The van der Waals surface area contributed by atoms with E-state index in [0.29, 0.717) is 0 Å². The van der Waals surface area contributed by atoms with Crippen LogP contribution in [0.25, 0.3) is 0 Å². The topological polar surface area (TPSA) is 69.6 Å². The maximum absolute atomic E-state index is 12.3. The van der Waals surface area contributed by atoms with Crippen LogP contribution in [-0.4, -0.2) is 31.1 Å². The van der Waals surface area contributed by atoms with E-state index in [9.17, 15) is 9.59 Å². The molecule has 5 nitrogen and oxygen atoms in total. The molecule has 0 unspecified atom stereocenters. The van der Waals surface area contributed by atoms with E-state index in [1.165, 1.54) is 0 Å². The van der Waals surface area contributed by atoms with Gasteiger partial charge in [-0.25, -0.2) is 0 Å². The van der Waals surface area contributed by atoms with Crippen LogP contribution in [-0.2, 0) is 9.59 Å². The highest BCUT2D eigenvalue weighted by Crippen LogP contribution is 2.58. The highest BCUT2D eigenvalue weighted by molar-refractivity contribution is 6.00. The number of carbonyl (C=O) groups excluding carboxylic acids is 1. The fourth-order valence-electron chi connectivity index (χ4n) is 2.86. The summed E-state index contributed by atoms with van der Waals surface area (Å²) in [4.78, 5) is 25.4. The summed E-state index contributed by atoms with van der Waals surface area (Å²) in [5.41, 5.74) is 2.27. The number of carbonyl (C=O) groups is 2. The number of nitrogens with one attached hydrogen (secondary N) is 1. The molecule has 21 heavy (non-hydrogen) atoms. The second-order valence-corrected chi connectivity index (χ2v) is 6.50. The van der Waals surface area contributed by atoms with E-state index in [1.54, 1.807) is 0 Å². The molecule has 2 N–H and O–H groups in total. The highest BCUT2D eigenvalue weighted by atomic mass is 16.4. The largest absolute Gasteiger partial charge is 0.481 e. The second-order valence-electron chi connectivity index (χ2n) is 6.50. The highest BCUT2D eigenvalue weighted by Gasteiger charge is 2.65. The Morgan fingerprint density at radius 2 is 1.86 bits per heavy atom. The van der Waals surface area contributed by atoms with Gasteiger partial charge in [-0.05, 0) is 36.1 Å². The molecule has 0 spiro atoms. The number of hydrogen-bond acceptors (Lipinski definition) is 3. The van der Waals surface area contributed by atoms with E-state index in [4.69, 9.17) is 5.11 Å². The number of aryl methyl sites for hydroxylation is 1. The summed E-state index contributed by atoms with van der Waals surface area (Å²) < 4.78 is 0. The predicted octanol–water partition coefficient (Wildman–Crippen LogP) is 2.36. The molecule has 0 saturated heterocycles. The minimum absolute atomic E-state index is 0.215. The number of amides is 1. The summed E-state index contributed by atoms with van der Waals surface area (Å²) in [6.45, 7) is 5.56. The van der Waals surface area contributed by atoms with Gasteiger partial charge >= 0.3 is 5.97 Å². The van der Waals surface area contributed by atoms with Crippen LogP contribution >= 0.6 is 0 Å². The molecule has 114 valence electrons. The first-order valence-electron chi connectivity index (χ1n) is 6.98. The van der Waals surface area contributed by atoms with Crippen LogP contribution in [0.15, 0.2) is 18.2 Å². The fraction of sp³-hybridized carbons (Fsp3) is 0.500. The molecule has 0 heterocycles. The van der Waals surface area contributed by atoms with Crippen LogP contribution in [0.1, 0.15) is 19.4 Å². The summed E-state index contributed by atoms with van der Waals surface area (Å²) in [5.74, 6) is -2.19. The summed E-state index contributed by atoms with van der Waals surface area (Å²) in [6.07, 6.45) is 0. The summed E-state index contributed by atoms with van der Waals surface area (Å²) in [5, 5.41) is 12.0. The third-order valence-electron chi connectivity index (χ3n) is 4.36. The van der Waals surface area contributed by atoms with Gasteiger partial charge in [0.2, 0.25) is 5.91 Å².